The Bertz CT molecular complexity index is 485. The third kappa shape index (κ3) is 5.04. The maximum atomic E-state index is 11.6. The lowest BCUT2D eigenvalue weighted by Gasteiger charge is -2.36. The van der Waals surface area contributed by atoms with Gasteiger partial charge in [-0.25, -0.2) is 19.4 Å². The normalized spacial score (nSPS) is 33.7. The Morgan fingerprint density at radius 3 is 2.00 bits per heavy atom. The number of hydrogen-bond donors (Lipinski definition) is 9. The van der Waals surface area contributed by atoms with E-state index in [1.54, 1.807) is 0 Å². The van der Waals surface area contributed by atoms with E-state index in [0.717, 1.165) is 0 Å². The zero-order valence-corrected chi connectivity index (χ0v) is 13.0. The first-order valence-electron chi connectivity index (χ1n) is 7.16. The molecule has 0 aromatic heterocycles. The molecule has 9 N–H and O–H groups in total. The molecule has 1 fully saturated rings. The second kappa shape index (κ2) is 9.47. The highest BCUT2D eigenvalue weighted by molar-refractivity contribution is 5.78. The van der Waals surface area contributed by atoms with Gasteiger partial charge in [0.25, 0.3) is 0 Å². The van der Waals surface area contributed by atoms with Crippen LogP contribution in [0.4, 0.5) is 0 Å². The van der Waals surface area contributed by atoms with Crippen molar-refractivity contribution in [3.05, 3.63) is 0 Å². The molecule has 1 heterocycles. The zero-order valence-electron chi connectivity index (χ0n) is 13.0. The molecule has 14 heteroatoms. The molecule has 4 unspecified atom stereocenters. The van der Waals surface area contributed by atoms with Crippen molar-refractivity contribution in [2.45, 2.75) is 55.1 Å². The third-order valence-corrected chi connectivity index (χ3v) is 3.52. The van der Waals surface area contributed by atoms with Gasteiger partial charge in [-0.05, 0) is 0 Å². The van der Waals surface area contributed by atoms with E-state index in [1.807, 2.05) is 0 Å². The Labute approximate surface area is 144 Å². The Balaban J connectivity index is 2.59. The Kier molecular flexibility index (Phi) is 8.22. The van der Waals surface area contributed by atoms with Gasteiger partial charge in [0.05, 0.1) is 6.61 Å². The highest BCUT2D eigenvalue weighted by Crippen LogP contribution is 2.21. The van der Waals surface area contributed by atoms with Crippen LogP contribution in [0, 0.1) is 0 Å². The summed E-state index contributed by atoms with van der Waals surface area (Å²) in [4.78, 5) is 30.9. The van der Waals surface area contributed by atoms with Gasteiger partial charge in [-0.1, -0.05) is 0 Å². The molecular formula is C12H20O14. The van der Waals surface area contributed by atoms with Gasteiger partial charge in [0.2, 0.25) is 0 Å². The van der Waals surface area contributed by atoms with Crippen LogP contribution in [0.5, 0.6) is 0 Å². The van der Waals surface area contributed by atoms with Crippen LogP contribution < -0.4 is 0 Å². The van der Waals surface area contributed by atoms with Crippen molar-refractivity contribution in [3.8, 4) is 0 Å². The maximum Gasteiger partial charge on any atom is 0.386 e. The van der Waals surface area contributed by atoms with Crippen LogP contribution in [0.2, 0.25) is 0 Å². The molecule has 14 nitrogen and oxygen atoms in total. The summed E-state index contributed by atoms with van der Waals surface area (Å²) in [6, 6.07) is 0. The zero-order chi connectivity index (χ0) is 20.2. The Morgan fingerprint density at radius 2 is 1.46 bits per heavy atom. The van der Waals surface area contributed by atoms with Crippen molar-refractivity contribution < 1.29 is 70.1 Å². The smallest absolute Gasteiger partial charge is 0.386 e. The first-order valence-corrected chi connectivity index (χ1v) is 7.16. The molecule has 152 valence electrons. The molecule has 1 aliphatic rings. The lowest BCUT2D eigenvalue weighted by Crippen LogP contribution is -2.60. The minimum atomic E-state index is -2.51. The van der Waals surface area contributed by atoms with E-state index in [0.29, 0.717) is 0 Å². The molecule has 0 aromatic carbocycles. The molecule has 0 aromatic rings. The number of rotatable bonds is 6. The first-order chi connectivity index (χ1) is 12.0. The summed E-state index contributed by atoms with van der Waals surface area (Å²) in [6.07, 6.45) is -19.0. The van der Waals surface area contributed by atoms with Gasteiger partial charge in [-0.15, -0.1) is 0 Å². The van der Waals surface area contributed by atoms with Gasteiger partial charge in [-0.3, -0.25) is 0 Å². The van der Waals surface area contributed by atoms with E-state index in [1.165, 1.54) is 0 Å². The molecule has 0 amide bonds. The fourth-order valence-electron chi connectivity index (χ4n) is 1.90. The third-order valence-electron chi connectivity index (χ3n) is 3.52. The van der Waals surface area contributed by atoms with Gasteiger partial charge < -0.3 is 50.7 Å². The lowest BCUT2D eigenvalue weighted by molar-refractivity contribution is -0.307. The largest absolute Gasteiger partial charge is 0.394 e. The number of hydrogen-bond acceptors (Lipinski definition) is 14. The lowest BCUT2D eigenvalue weighted by atomic mass is 9.99. The molecule has 0 spiro atoms. The van der Waals surface area contributed by atoms with E-state index in [2.05, 4.69) is 14.5 Å². The van der Waals surface area contributed by atoms with Crippen molar-refractivity contribution >= 4 is 11.9 Å². The highest BCUT2D eigenvalue weighted by atomic mass is 17.2. The van der Waals surface area contributed by atoms with Crippen molar-refractivity contribution in [1.82, 2.24) is 0 Å². The minimum absolute atomic E-state index is 0.998. The summed E-state index contributed by atoms with van der Waals surface area (Å²) in [5, 5.41) is 83.4. The molecule has 0 aliphatic carbocycles. The monoisotopic (exact) mass is 388 g/mol. The van der Waals surface area contributed by atoms with Crippen molar-refractivity contribution in [2.75, 3.05) is 6.61 Å². The SMILES string of the molecule is O=C(OOC(=O)[C@H]1O[C@H](O)[C@H](O)[C@@H](O)[C@H]1O)C(O)C(O)C(O)C(O)CO. The standard InChI is InChI=1S/C12H20O14/c13-1-2(14)3(15)4(16)8(20)11(22)25-26-12(23)9-6(18)5(17)7(19)10(21)24-9/h2-10,13-21H,1H2/t2?,3?,4?,5-,6+,7+,8?,9-,10-/m0/s1. The summed E-state index contributed by atoms with van der Waals surface area (Å²) in [5.74, 6) is -3.45. The van der Waals surface area contributed by atoms with E-state index in [9.17, 15) is 45.3 Å². The molecule has 0 bridgehead atoms. The van der Waals surface area contributed by atoms with Crippen molar-refractivity contribution in [3.63, 3.8) is 0 Å². The van der Waals surface area contributed by atoms with E-state index in [4.69, 9.17) is 10.2 Å². The molecule has 0 radical (unpaired) electrons. The topological polar surface area (TPSA) is 244 Å². The van der Waals surface area contributed by atoms with Gasteiger partial charge in [0, 0.05) is 0 Å². The summed E-state index contributed by atoms with van der Waals surface area (Å²) in [6.45, 7) is -0.998. The summed E-state index contributed by atoms with van der Waals surface area (Å²) >= 11 is 0. The number of ether oxygens (including phenoxy) is 1. The summed E-state index contributed by atoms with van der Waals surface area (Å²) in [5.41, 5.74) is 0. The van der Waals surface area contributed by atoms with Gasteiger partial charge >= 0.3 is 11.9 Å². The Morgan fingerprint density at radius 1 is 0.885 bits per heavy atom. The van der Waals surface area contributed by atoms with Crippen LogP contribution in [-0.4, -0.2) is 120 Å². The Hall–Kier alpha value is -1.46. The van der Waals surface area contributed by atoms with Crippen molar-refractivity contribution in [2.24, 2.45) is 0 Å². The molecule has 1 saturated heterocycles. The molecule has 26 heavy (non-hydrogen) atoms. The molecule has 1 aliphatic heterocycles. The minimum Gasteiger partial charge on any atom is -0.394 e. The molecular weight excluding hydrogens is 368 g/mol. The van der Waals surface area contributed by atoms with Gasteiger partial charge in [0.1, 0.15) is 36.6 Å². The second-order valence-electron chi connectivity index (χ2n) is 5.40. The summed E-state index contributed by atoms with van der Waals surface area (Å²) < 4.78 is 4.48. The molecule has 1 rings (SSSR count). The predicted molar refractivity (Wildman–Crippen MR) is 72.2 cm³/mol. The van der Waals surface area contributed by atoms with Crippen molar-refractivity contribution in [1.29, 1.82) is 0 Å². The quantitative estimate of drug-likeness (QED) is 0.152. The summed E-state index contributed by atoms with van der Waals surface area (Å²) in [7, 11) is 0. The average molecular weight is 388 g/mol. The van der Waals surface area contributed by atoms with Gasteiger partial charge in [0.15, 0.2) is 18.5 Å². The average Bonchev–Trinajstić information content (AvgIpc) is 2.64. The second-order valence-corrected chi connectivity index (χ2v) is 5.40. The van der Waals surface area contributed by atoms with Crippen LogP contribution in [0.15, 0.2) is 0 Å². The molecule has 9 atom stereocenters. The maximum absolute atomic E-state index is 11.6. The fraction of sp³-hybridized carbons (Fsp3) is 0.833. The van der Waals surface area contributed by atoms with E-state index in [-0.39, 0.29) is 0 Å². The van der Waals surface area contributed by atoms with Crippen LogP contribution in [-0.2, 0) is 24.1 Å². The van der Waals surface area contributed by atoms with Crippen LogP contribution in [0.1, 0.15) is 0 Å². The van der Waals surface area contributed by atoms with E-state index >= 15 is 0 Å². The van der Waals surface area contributed by atoms with E-state index < -0.39 is 73.7 Å². The number of aliphatic hydroxyl groups excluding tert-OH is 9. The number of carbonyl (C=O) groups excluding carboxylic acids is 2. The number of aliphatic hydroxyl groups is 9. The van der Waals surface area contributed by atoms with Crippen LogP contribution in [0.3, 0.4) is 0 Å². The van der Waals surface area contributed by atoms with Crippen LogP contribution in [0.25, 0.3) is 0 Å². The van der Waals surface area contributed by atoms with Gasteiger partial charge in [-0.2, -0.15) is 0 Å². The predicted octanol–water partition coefficient (Wildman–Crippen LogP) is -6.78. The first kappa shape index (κ1) is 22.6. The molecule has 0 saturated carbocycles. The number of carbonyl (C=O) groups is 2. The fourth-order valence-corrected chi connectivity index (χ4v) is 1.90. The van der Waals surface area contributed by atoms with Crippen LogP contribution >= 0.6 is 0 Å². The highest BCUT2D eigenvalue weighted by Gasteiger charge is 2.48.